The van der Waals surface area contributed by atoms with Crippen LogP contribution in [0.3, 0.4) is 0 Å². The van der Waals surface area contributed by atoms with E-state index >= 15 is 0 Å². The van der Waals surface area contributed by atoms with Crippen molar-refractivity contribution in [2.45, 2.75) is 6.92 Å². The van der Waals surface area contributed by atoms with Gasteiger partial charge in [-0.1, -0.05) is 6.07 Å². The second kappa shape index (κ2) is 11.6. The van der Waals surface area contributed by atoms with Crippen molar-refractivity contribution in [3.8, 4) is 5.75 Å². The first-order valence-corrected chi connectivity index (χ1v) is 6.35. The molecule has 0 atom stereocenters. The van der Waals surface area contributed by atoms with Crippen LogP contribution in [0.4, 0.5) is 5.69 Å². The van der Waals surface area contributed by atoms with Crippen molar-refractivity contribution in [3.63, 3.8) is 0 Å². The summed E-state index contributed by atoms with van der Waals surface area (Å²) in [5.74, 6) is 0.634. The third-order valence-corrected chi connectivity index (χ3v) is 2.54. The van der Waals surface area contributed by atoms with Crippen molar-refractivity contribution in [2.24, 2.45) is 0 Å². The standard InChI is InChI=1S/C14H23N3O2.2ClH/c1-11-5-6-12(16-14(18)10-15-2)13(9-11)19-8-7-17(3)4;;/h5-6,9,15H,7-8,10H2,1-4H3,(H,16,18);2*1H. The van der Waals surface area contributed by atoms with Crippen molar-refractivity contribution in [2.75, 3.05) is 46.2 Å². The van der Waals surface area contributed by atoms with E-state index in [4.69, 9.17) is 4.74 Å². The zero-order valence-electron chi connectivity index (χ0n) is 12.9. The highest BCUT2D eigenvalue weighted by molar-refractivity contribution is 5.93. The molecule has 0 aliphatic heterocycles. The molecule has 0 aromatic heterocycles. The fraction of sp³-hybridized carbons (Fsp3) is 0.500. The molecule has 0 aliphatic carbocycles. The van der Waals surface area contributed by atoms with Gasteiger partial charge in [0.15, 0.2) is 0 Å². The number of anilines is 1. The summed E-state index contributed by atoms with van der Waals surface area (Å²) in [5.41, 5.74) is 1.82. The van der Waals surface area contributed by atoms with E-state index in [9.17, 15) is 4.79 Å². The predicted octanol–water partition coefficient (Wildman–Crippen LogP) is 1.94. The molecule has 1 aromatic rings. The summed E-state index contributed by atoms with van der Waals surface area (Å²) in [4.78, 5) is 13.6. The second-order valence-electron chi connectivity index (χ2n) is 4.73. The van der Waals surface area contributed by atoms with Gasteiger partial charge in [-0.05, 0) is 45.8 Å². The first-order valence-electron chi connectivity index (χ1n) is 6.35. The summed E-state index contributed by atoms with van der Waals surface area (Å²) in [6, 6.07) is 5.76. The Morgan fingerprint density at radius 1 is 1.29 bits per heavy atom. The Kier molecular flexibility index (Phi) is 12.3. The molecular weight excluding hydrogens is 313 g/mol. The number of nitrogens with one attached hydrogen (secondary N) is 2. The van der Waals surface area contributed by atoms with E-state index in [1.807, 2.05) is 39.2 Å². The van der Waals surface area contributed by atoms with Gasteiger partial charge in [0.2, 0.25) is 5.91 Å². The first-order chi connectivity index (χ1) is 9.02. The van der Waals surface area contributed by atoms with Gasteiger partial charge in [-0.2, -0.15) is 0 Å². The van der Waals surface area contributed by atoms with Crippen LogP contribution in [0.1, 0.15) is 5.56 Å². The minimum Gasteiger partial charge on any atom is -0.490 e. The lowest BCUT2D eigenvalue weighted by atomic mass is 10.2. The molecule has 122 valence electrons. The third-order valence-electron chi connectivity index (χ3n) is 2.54. The fourth-order valence-electron chi connectivity index (χ4n) is 1.55. The molecule has 0 saturated heterocycles. The van der Waals surface area contributed by atoms with Crippen LogP contribution in [0, 0.1) is 6.92 Å². The number of hydrogen-bond acceptors (Lipinski definition) is 4. The Morgan fingerprint density at radius 2 is 1.95 bits per heavy atom. The first kappa shape index (κ1) is 22.3. The number of hydrogen-bond donors (Lipinski definition) is 2. The second-order valence-corrected chi connectivity index (χ2v) is 4.73. The lowest BCUT2D eigenvalue weighted by molar-refractivity contribution is -0.115. The van der Waals surface area contributed by atoms with E-state index in [-0.39, 0.29) is 37.3 Å². The summed E-state index contributed by atoms with van der Waals surface area (Å²) in [5, 5.41) is 5.65. The van der Waals surface area contributed by atoms with Gasteiger partial charge < -0.3 is 20.3 Å². The highest BCUT2D eigenvalue weighted by Gasteiger charge is 2.08. The van der Waals surface area contributed by atoms with Gasteiger partial charge in [0.05, 0.1) is 12.2 Å². The van der Waals surface area contributed by atoms with Gasteiger partial charge in [0.1, 0.15) is 12.4 Å². The van der Waals surface area contributed by atoms with Gasteiger partial charge in [-0.15, -0.1) is 24.8 Å². The van der Waals surface area contributed by atoms with E-state index in [1.165, 1.54) is 0 Å². The lowest BCUT2D eigenvalue weighted by Crippen LogP contribution is -2.25. The summed E-state index contributed by atoms with van der Waals surface area (Å²) < 4.78 is 5.73. The van der Waals surface area contributed by atoms with Crippen LogP contribution in [0.5, 0.6) is 5.75 Å². The molecule has 0 fully saturated rings. The Balaban J connectivity index is 0. The molecule has 5 nitrogen and oxygen atoms in total. The lowest BCUT2D eigenvalue weighted by Gasteiger charge is -2.15. The van der Waals surface area contributed by atoms with E-state index in [1.54, 1.807) is 7.05 Å². The number of amides is 1. The van der Waals surface area contributed by atoms with Gasteiger partial charge in [0, 0.05) is 6.54 Å². The number of ether oxygens (including phenoxy) is 1. The number of likely N-dealkylation sites (N-methyl/N-ethyl adjacent to an activating group) is 2. The largest absolute Gasteiger partial charge is 0.490 e. The Hall–Kier alpha value is -1.01. The summed E-state index contributed by atoms with van der Waals surface area (Å²) in [7, 11) is 5.73. The molecule has 0 heterocycles. The van der Waals surface area contributed by atoms with Crippen LogP contribution >= 0.6 is 24.8 Å². The van der Waals surface area contributed by atoms with Gasteiger partial charge in [-0.25, -0.2) is 0 Å². The maximum Gasteiger partial charge on any atom is 0.238 e. The molecule has 0 spiro atoms. The van der Waals surface area contributed by atoms with Gasteiger partial charge >= 0.3 is 0 Å². The number of nitrogens with zero attached hydrogens (tertiary/aromatic N) is 1. The van der Waals surface area contributed by atoms with Gasteiger partial charge in [-0.3, -0.25) is 4.79 Å². The number of rotatable bonds is 7. The van der Waals surface area contributed by atoms with E-state index in [2.05, 4.69) is 15.5 Å². The number of carbonyl (C=O) groups excluding carboxylic acids is 1. The van der Waals surface area contributed by atoms with Crippen molar-refractivity contribution < 1.29 is 9.53 Å². The molecule has 0 bridgehead atoms. The van der Waals surface area contributed by atoms with Crippen molar-refractivity contribution >= 4 is 36.4 Å². The average molecular weight is 338 g/mol. The zero-order chi connectivity index (χ0) is 14.3. The number of halogens is 2. The molecule has 0 aliphatic rings. The Morgan fingerprint density at radius 3 is 2.52 bits per heavy atom. The highest BCUT2D eigenvalue weighted by atomic mass is 35.5. The summed E-state index contributed by atoms with van der Waals surface area (Å²) >= 11 is 0. The van der Waals surface area contributed by atoms with Crippen molar-refractivity contribution in [1.29, 1.82) is 0 Å². The van der Waals surface area contributed by atoms with Crippen LogP contribution in [-0.4, -0.2) is 51.6 Å². The SMILES string of the molecule is CNCC(=O)Nc1ccc(C)cc1OCCN(C)C.Cl.Cl. The Bertz CT molecular complexity index is 429. The third kappa shape index (κ3) is 8.78. The number of carbonyl (C=O) groups is 1. The van der Waals surface area contributed by atoms with E-state index < -0.39 is 0 Å². The van der Waals surface area contributed by atoms with Crippen LogP contribution < -0.4 is 15.4 Å². The van der Waals surface area contributed by atoms with Crippen LogP contribution in [0.2, 0.25) is 0 Å². The molecule has 1 rings (SSSR count). The van der Waals surface area contributed by atoms with Crippen LogP contribution in [0.15, 0.2) is 18.2 Å². The van der Waals surface area contributed by atoms with Crippen LogP contribution in [-0.2, 0) is 4.79 Å². The summed E-state index contributed by atoms with van der Waals surface area (Å²) in [6.07, 6.45) is 0. The van der Waals surface area contributed by atoms with Crippen molar-refractivity contribution in [3.05, 3.63) is 23.8 Å². The molecule has 1 amide bonds. The maximum atomic E-state index is 11.6. The Labute approximate surface area is 139 Å². The van der Waals surface area contributed by atoms with Crippen molar-refractivity contribution in [1.82, 2.24) is 10.2 Å². The minimum atomic E-state index is -0.0798. The maximum absolute atomic E-state index is 11.6. The fourth-order valence-corrected chi connectivity index (χ4v) is 1.55. The molecule has 7 heteroatoms. The predicted molar refractivity (Wildman–Crippen MR) is 92.3 cm³/mol. The number of benzene rings is 1. The van der Waals surface area contributed by atoms with E-state index in [0.717, 1.165) is 12.1 Å². The number of aryl methyl sites for hydroxylation is 1. The minimum absolute atomic E-state index is 0. The summed E-state index contributed by atoms with van der Waals surface area (Å²) in [6.45, 7) is 3.70. The zero-order valence-corrected chi connectivity index (χ0v) is 14.6. The molecular formula is C14H25Cl2N3O2. The molecule has 1 aromatic carbocycles. The highest BCUT2D eigenvalue weighted by Crippen LogP contribution is 2.25. The molecule has 0 unspecified atom stereocenters. The quantitative estimate of drug-likeness (QED) is 0.798. The smallest absolute Gasteiger partial charge is 0.238 e. The molecule has 0 radical (unpaired) electrons. The van der Waals surface area contributed by atoms with Gasteiger partial charge in [0.25, 0.3) is 0 Å². The monoisotopic (exact) mass is 337 g/mol. The normalized spacial score (nSPS) is 9.57. The molecule has 2 N–H and O–H groups in total. The topological polar surface area (TPSA) is 53.6 Å². The average Bonchev–Trinajstić information content (AvgIpc) is 2.32. The van der Waals surface area contributed by atoms with Crippen LogP contribution in [0.25, 0.3) is 0 Å². The van der Waals surface area contributed by atoms with E-state index in [0.29, 0.717) is 18.0 Å². The molecule has 21 heavy (non-hydrogen) atoms. The molecule has 0 saturated carbocycles.